The Morgan fingerprint density at radius 3 is 1.50 bits per heavy atom. The zero-order valence-electron chi connectivity index (χ0n) is 44.1. The summed E-state index contributed by atoms with van der Waals surface area (Å²) in [5.41, 5.74) is 16.9. The number of hydrogen-bond donors (Lipinski definition) is 16. The normalized spacial score (nSPS) is 15.1. The lowest BCUT2D eigenvalue weighted by atomic mass is 9.97. The minimum absolute atomic E-state index is 0.0674. The maximum atomic E-state index is 13.7. The summed E-state index contributed by atoms with van der Waals surface area (Å²) in [6, 6.07) is -13.7. The molecular formula is C46H80N12O17S. The van der Waals surface area contributed by atoms with Crippen molar-refractivity contribution in [3.63, 3.8) is 0 Å². The largest absolute Gasteiger partial charge is 0.481 e. The van der Waals surface area contributed by atoms with E-state index in [-0.39, 0.29) is 44.1 Å². The molecule has 0 bridgehead atoms. The van der Waals surface area contributed by atoms with Crippen molar-refractivity contribution in [1.29, 1.82) is 0 Å². The molecule has 10 amide bonds. The van der Waals surface area contributed by atoms with E-state index in [9.17, 15) is 82.8 Å². The van der Waals surface area contributed by atoms with Crippen molar-refractivity contribution in [3.05, 3.63) is 0 Å². The summed E-state index contributed by atoms with van der Waals surface area (Å²) in [6.45, 7) is 8.35. The molecule has 0 rings (SSSR count). The molecule has 0 heterocycles. The van der Waals surface area contributed by atoms with Gasteiger partial charge in [-0.3, -0.25) is 57.5 Å². The van der Waals surface area contributed by atoms with Crippen molar-refractivity contribution < 1.29 is 82.8 Å². The second-order valence-electron chi connectivity index (χ2n) is 18.8. The lowest BCUT2D eigenvalue weighted by molar-refractivity contribution is -0.143. The number of carbonyl (C=O) groups excluding carboxylic acids is 10. The molecule has 0 fully saturated rings. The van der Waals surface area contributed by atoms with Gasteiger partial charge in [0, 0.05) is 6.42 Å². The molecular weight excluding hydrogens is 1020 g/mol. The van der Waals surface area contributed by atoms with Crippen LogP contribution in [-0.2, 0) is 62.3 Å². The van der Waals surface area contributed by atoms with E-state index in [2.05, 4.69) is 47.9 Å². The molecule has 0 aliphatic carbocycles. The predicted molar refractivity (Wildman–Crippen MR) is 274 cm³/mol. The number of aliphatic hydroxyl groups excluding tert-OH is 1. The fraction of sp³-hybridized carbons (Fsp3) is 0.717. The number of amides is 10. The summed E-state index contributed by atoms with van der Waals surface area (Å²) < 4.78 is 0. The summed E-state index contributed by atoms with van der Waals surface area (Å²) >= 11 is 1.35. The second-order valence-corrected chi connectivity index (χ2v) is 19.7. The Hall–Kier alpha value is -6.66. The molecule has 432 valence electrons. The quantitative estimate of drug-likeness (QED) is 0.0257. The van der Waals surface area contributed by atoms with Gasteiger partial charge >= 0.3 is 17.9 Å². The average molecular weight is 1110 g/mol. The van der Waals surface area contributed by atoms with E-state index < -0.39 is 176 Å². The van der Waals surface area contributed by atoms with Gasteiger partial charge in [0.25, 0.3) is 0 Å². The van der Waals surface area contributed by atoms with Crippen LogP contribution in [-0.4, -0.2) is 183 Å². The summed E-state index contributed by atoms with van der Waals surface area (Å²) in [4.78, 5) is 167. The third-order valence-electron chi connectivity index (χ3n) is 11.5. The zero-order valence-corrected chi connectivity index (χ0v) is 44.9. The highest BCUT2D eigenvalue weighted by atomic mass is 32.2. The summed E-state index contributed by atoms with van der Waals surface area (Å²) in [6.07, 6.45) is -0.446. The fourth-order valence-electron chi connectivity index (χ4n) is 6.94. The molecule has 0 aromatic carbocycles. The van der Waals surface area contributed by atoms with Crippen LogP contribution in [0, 0.1) is 17.8 Å². The minimum Gasteiger partial charge on any atom is -0.481 e. The monoisotopic (exact) mass is 1100 g/mol. The molecule has 76 heavy (non-hydrogen) atoms. The first kappa shape index (κ1) is 69.3. The Balaban J connectivity index is 6.36. The molecule has 0 aromatic heterocycles. The number of thioether (sulfide) groups is 1. The predicted octanol–water partition coefficient (Wildman–Crippen LogP) is -4.77. The number of hydrogen-bond acceptors (Lipinski definition) is 17. The number of unbranched alkanes of at least 4 members (excludes halogenated alkanes) is 1. The number of nitrogens with one attached hydrogen (secondary N) is 9. The number of carbonyl (C=O) groups is 13. The number of nitrogens with two attached hydrogens (primary N) is 3. The van der Waals surface area contributed by atoms with E-state index in [4.69, 9.17) is 17.2 Å². The van der Waals surface area contributed by atoms with Crippen molar-refractivity contribution in [2.45, 2.75) is 160 Å². The molecule has 0 saturated carbocycles. The third kappa shape index (κ3) is 27.2. The molecule has 0 aliphatic rings. The maximum absolute atomic E-state index is 13.7. The van der Waals surface area contributed by atoms with Gasteiger partial charge in [-0.2, -0.15) is 11.8 Å². The average Bonchev–Trinajstić information content (AvgIpc) is 3.33. The Bertz CT molecular complexity index is 2010. The maximum Gasteiger partial charge on any atom is 0.326 e. The third-order valence-corrected chi connectivity index (χ3v) is 12.2. The summed E-state index contributed by atoms with van der Waals surface area (Å²) in [5.74, 6) is -15.4. The lowest BCUT2D eigenvalue weighted by Gasteiger charge is -2.27. The molecule has 0 radical (unpaired) electrons. The van der Waals surface area contributed by atoms with Crippen LogP contribution in [0.1, 0.15) is 106 Å². The first-order chi connectivity index (χ1) is 35.5. The van der Waals surface area contributed by atoms with E-state index >= 15 is 0 Å². The van der Waals surface area contributed by atoms with Crippen molar-refractivity contribution in [2.75, 3.05) is 31.7 Å². The Morgan fingerprint density at radius 1 is 0.553 bits per heavy atom. The van der Waals surface area contributed by atoms with Gasteiger partial charge in [-0.15, -0.1) is 0 Å². The van der Waals surface area contributed by atoms with Crippen molar-refractivity contribution >= 4 is 88.7 Å². The fourth-order valence-corrected chi connectivity index (χ4v) is 7.41. The van der Waals surface area contributed by atoms with Crippen LogP contribution in [0.5, 0.6) is 0 Å². The highest BCUT2D eigenvalue weighted by Crippen LogP contribution is 2.12. The number of primary amides is 1. The van der Waals surface area contributed by atoms with Gasteiger partial charge in [0.2, 0.25) is 59.1 Å². The Kier molecular flexibility index (Phi) is 33.2. The summed E-state index contributed by atoms with van der Waals surface area (Å²) in [7, 11) is 0. The first-order valence-corrected chi connectivity index (χ1v) is 26.1. The molecule has 0 aliphatic heterocycles. The lowest BCUT2D eigenvalue weighted by Crippen LogP contribution is -2.60. The van der Waals surface area contributed by atoms with Crippen LogP contribution in [0.25, 0.3) is 0 Å². The van der Waals surface area contributed by atoms with Gasteiger partial charge < -0.3 is 85.5 Å². The Morgan fingerprint density at radius 2 is 1.03 bits per heavy atom. The first-order valence-electron chi connectivity index (χ1n) is 24.7. The van der Waals surface area contributed by atoms with Gasteiger partial charge in [0.1, 0.15) is 48.3 Å². The van der Waals surface area contributed by atoms with Gasteiger partial charge in [0.05, 0.1) is 32.0 Å². The molecule has 0 saturated heterocycles. The van der Waals surface area contributed by atoms with Crippen molar-refractivity contribution in [3.8, 4) is 0 Å². The van der Waals surface area contributed by atoms with E-state index in [0.717, 1.165) is 0 Å². The van der Waals surface area contributed by atoms with Gasteiger partial charge in [-0.25, -0.2) is 4.79 Å². The summed E-state index contributed by atoms with van der Waals surface area (Å²) in [5, 5.41) is 59.5. The smallest absolute Gasteiger partial charge is 0.326 e. The number of aliphatic hydroxyl groups is 1. The van der Waals surface area contributed by atoms with Crippen molar-refractivity contribution in [1.82, 2.24) is 47.9 Å². The van der Waals surface area contributed by atoms with Crippen LogP contribution in [0.3, 0.4) is 0 Å². The highest BCUT2D eigenvalue weighted by molar-refractivity contribution is 7.98. The molecule has 0 unspecified atom stereocenters. The van der Waals surface area contributed by atoms with Gasteiger partial charge in [-0.05, 0) is 74.8 Å². The number of aliphatic carboxylic acids is 3. The second kappa shape index (κ2) is 36.3. The van der Waals surface area contributed by atoms with Crippen LogP contribution in [0.2, 0.25) is 0 Å². The highest BCUT2D eigenvalue weighted by Gasteiger charge is 2.36. The molecule has 0 spiro atoms. The number of rotatable bonds is 39. The van der Waals surface area contributed by atoms with E-state index in [1.807, 2.05) is 20.8 Å². The van der Waals surface area contributed by atoms with Crippen LogP contribution in [0.15, 0.2) is 0 Å². The number of carboxylic acid groups (broad SMARTS) is 3. The molecule has 10 atom stereocenters. The standard InChI is InChI=1S/C46H80N12O17S/c1-8-24(6)36(49)45(73)56-28(17-22(2)3)41(69)54-27(14-16-76-7)38(66)50-20-33(61)51-30(19-35(64)65)42(70)52-25(11-9-10-15-47)39(67)57-31(21-59)44(72)53-26(12-13-34(62)63)40(68)55-29(18-32(48)60)43(71)58-37(23(4)5)46(74)75/h22-31,36-37,59H,8-21,47,49H2,1-7H3,(H2,48,60)(H,50,66)(H,51,61)(H,52,70)(H,53,72)(H,54,69)(H,55,68)(H,56,73)(H,57,67)(H,58,71)(H,62,63)(H,64,65)(H,74,75)/t24-,25-,26-,27-,28-,29-,30-,31-,36-,37-/m0/s1. The topological polar surface area (TPSA) is 489 Å². The number of carboxylic acids is 3. The van der Waals surface area contributed by atoms with Crippen LogP contribution in [0.4, 0.5) is 0 Å². The minimum atomic E-state index is -1.93. The molecule has 0 aromatic rings. The SMILES string of the molecule is CC[C@H](C)[C@H](N)C(=O)N[C@@H](CC(C)C)C(=O)N[C@@H](CCSC)C(=O)NCC(=O)N[C@@H](CC(=O)O)C(=O)N[C@@H](CCCCN)C(=O)N[C@@H](CO)C(=O)N[C@@H](CCC(=O)O)C(=O)N[C@@H](CC(N)=O)C(=O)N[C@H](C(=O)O)C(C)C. The van der Waals surface area contributed by atoms with E-state index in [1.54, 1.807) is 13.2 Å². The zero-order chi connectivity index (χ0) is 58.4. The van der Waals surface area contributed by atoms with Crippen LogP contribution >= 0.6 is 11.8 Å². The van der Waals surface area contributed by atoms with E-state index in [1.165, 1.54) is 25.6 Å². The van der Waals surface area contributed by atoms with Gasteiger partial charge in [0.15, 0.2) is 0 Å². The van der Waals surface area contributed by atoms with E-state index in [0.29, 0.717) is 18.6 Å². The Labute approximate surface area is 445 Å². The molecule has 30 heteroatoms. The molecule has 29 nitrogen and oxygen atoms in total. The van der Waals surface area contributed by atoms with Gasteiger partial charge in [-0.1, -0.05) is 48.0 Å². The van der Waals surface area contributed by atoms with Crippen molar-refractivity contribution in [2.24, 2.45) is 35.0 Å². The van der Waals surface area contributed by atoms with Crippen LogP contribution < -0.4 is 65.1 Å². The molecule has 19 N–H and O–H groups in total.